The van der Waals surface area contributed by atoms with E-state index in [0.717, 1.165) is 32.1 Å². The largest absolute Gasteiger partial charge is 0.389 e. The Morgan fingerprint density at radius 3 is 2.77 bits per heavy atom. The Kier molecular flexibility index (Phi) is 3.16. The molecule has 22 heavy (non-hydrogen) atoms. The minimum absolute atomic E-state index is 0.0891. The van der Waals surface area contributed by atoms with Gasteiger partial charge < -0.3 is 10.8 Å². The molecule has 4 rings (SSSR count). The lowest BCUT2D eigenvalue weighted by Gasteiger charge is -2.58. The van der Waals surface area contributed by atoms with Crippen LogP contribution in [0.4, 0.5) is 0 Å². The Bertz CT molecular complexity index is 530. The predicted molar refractivity (Wildman–Crippen MR) is 86.0 cm³/mol. The van der Waals surface area contributed by atoms with Gasteiger partial charge in [-0.2, -0.15) is 0 Å². The highest BCUT2D eigenvalue weighted by Gasteiger charge is 2.61. The maximum absolute atomic E-state index is 13.0. The Morgan fingerprint density at radius 1 is 1.23 bits per heavy atom. The van der Waals surface area contributed by atoms with Crippen molar-refractivity contribution in [3.05, 3.63) is 12.2 Å². The number of aliphatic hydroxyl groups excluding tert-OH is 1. The van der Waals surface area contributed by atoms with E-state index in [-0.39, 0.29) is 28.9 Å². The molecular formula is C19H29NO2. The molecule has 3 nitrogen and oxygen atoms in total. The van der Waals surface area contributed by atoms with Crippen molar-refractivity contribution >= 4 is 5.78 Å². The molecular weight excluding hydrogens is 274 g/mol. The lowest BCUT2D eigenvalue weighted by atomic mass is 9.46. The maximum Gasteiger partial charge on any atom is 0.136 e. The Balaban J connectivity index is 1.73. The SMILES string of the molecule is C[C@]12C=CC(O)CC1CC(=O)[C@@H]1[C@H]2CC[C@]2(C)C(N)CC[C@@H]12. The third kappa shape index (κ3) is 1.78. The average Bonchev–Trinajstić information content (AvgIpc) is 2.77. The second-order valence-corrected chi connectivity index (χ2v) is 8.86. The summed E-state index contributed by atoms with van der Waals surface area (Å²) in [6.07, 6.45) is 9.73. The van der Waals surface area contributed by atoms with Gasteiger partial charge in [0.15, 0.2) is 0 Å². The number of hydrogen-bond donors (Lipinski definition) is 2. The molecule has 0 aromatic heterocycles. The molecule has 3 N–H and O–H groups in total. The number of aliphatic hydroxyl groups is 1. The van der Waals surface area contributed by atoms with Crippen molar-refractivity contribution in [3.63, 3.8) is 0 Å². The van der Waals surface area contributed by atoms with Crippen LogP contribution in [0.15, 0.2) is 12.2 Å². The number of hydrogen-bond acceptors (Lipinski definition) is 3. The van der Waals surface area contributed by atoms with Gasteiger partial charge in [-0.05, 0) is 60.7 Å². The molecule has 0 amide bonds. The van der Waals surface area contributed by atoms with Crippen molar-refractivity contribution in [1.82, 2.24) is 0 Å². The van der Waals surface area contributed by atoms with Gasteiger partial charge in [0, 0.05) is 18.4 Å². The molecule has 3 saturated carbocycles. The van der Waals surface area contributed by atoms with Gasteiger partial charge in [0.25, 0.3) is 0 Å². The molecule has 0 aromatic carbocycles. The fourth-order valence-corrected chi connectivity index (χ4v) is 6.51. The molecule has 0 saturated heterocycles. The summed E-state index contributed by atoms with van der Waals surface area (Å²) in [5.41, 5.74) is 6.67. The first-order valence-corrected chi connectivity index (χ1v) is 9.02. The van der Waals surface area contributed by atoms with Crippen LogP contribution < -0.4 is 5.73 Å². The van der Waals surface area contributed by atoms with Crippen LogP contribution in [0, 0.1) is 34.5 Å². The summed E-state index contributed by atoms with van der Waals surface area (Å²) < 4.78 is 0. The van der Waals surface area contributed by atoms with Crippen LogP contribution in [0.3, 0.4) is 0 Å². The zero-order valence-electron chi connectivity index (χ0n) is 13.8. The lowest BCUT2D eigenvalue weighted by Crippen LogP contribution is -2.57. The molecule has 8 atom stereocenters. The van der Waals surface area contributed by atoms with E-state index in [4.69, 9.17) is 5.73 Å². The van der Waals surface area contributed by atoms with E-state index in [2.05, 4.69) is 19.9 Å². The van der Waals surface area contributed by atoms with Crippen LogP contribution in [0.1, 0.15) is 52.4 Å². The third-order valence-corrected chi connectivity index (χ3v) is 8.05. The molecule has 122 valence electrons. The van der Waals surface area contributed by atoms with Crippen LogP contribution in [-0.2, 0) is 4.79 Å². The van der Waals surface area contributed by atoms with E-state index < -0.39 is 0 Å². The Morgan fingerprint density at radius 2 is 2.00 bits per heavy atom. The number of carbonyl (C=O) groups is 1. The van der Waals surface area contributed by atoms with Crippen molar-refractivity contribution < 1.29 is 9.90 Å². The van der Waals surface area contributed by atoms with Crippen molar-refractivity contribution in [3.8, 4) is 0 Å². The number of fused-ring (bicyclic) bond motifs is 5. The van der Waals surface area contributed by atoms with E-state index in [9.17, 15) is 9.90 Å². The molecule has 4 aliphatic carbocycles. The molecule has 0 radical (unpaired) electrons. The first-order valence-electron chi connectivity index (χ1n) is 9.02. The number of ketones is 1. The van der Waals surface area contributed by atoms with Gasteiger partial charge in [0.05, 0.1) is 6.10 Å². The lowest BCUT2D eigenvalue weighted by molar-refractivity contribution is -0.147. The molecule has 3 fully saturated rings. The molecule has 3 unspecified atom stereocenters. The number of carbonyl (C=O) groups excluding carboxylic acids is 1. The van der Waals surface area contributed by atoms with Crippen LogP contribution in [0.2, 0.25) is 0 Å². The van der Waals surface area contributed by atoms with Gasteiger partial charge in [-0.15, -0.1) is 0 Å². The molecule has 3 heteroatoms. The number of rotatable bonds is 0. The highest BCUT2D eigenvalue weighted by atomic mass is 16.3. The summed E-state index contributed by atoms with van der Waals surface area (Å²) in [7, 11) is 0. The van der Waals surface area contributed by atoms with Gasteiger partial charge in [0.2, 0.25) is 0 Å². The molecule has 0 aliphatic heterocycles. The van der Waals surface area contributed by atoms with Crippen LogP contribution in [0.25, 0.3) is 0 Å². The minimum atomic E-state index is -0.365. The summed E-state index contributed by atoms with van der Waals surface area (Å²) in [5, 5.41) is 9.96. The average molecular weight is 303 g/mol. The molecule has 0 spiro atoms. The molecule has 0 heterocycles. The fourth-order valence-electron chi connectivity index (χ4n) is 6.51. The predicted octanol–water partition coefficient (Wildman–Crippen LogP) is 2.67. The number of allylic oxidation sites excluding steroid dienone is 1. The highest BCUT2D eigenvalue weighted by molar-refractivity contribution is 5.83. The van der Waals surface area contributed by atoms with Gasteiger partial charge in [-0.3, -0.25) is 4.79 Å². The standard InChI is InChI=1S/C19H29NO2/c1-18-7-5-12(21)9-11(18)10-15(22)17-13-3-4-16(20)19(13,2)8-6-14(17)18/h5,7,11-14,16-17,21H,3-4,6,8-10,20H2,1-2H3/t11?,12?,13-,14+,16?,17-,18-,19-/m0/s1. The van der Waals surface area contributed by atoms with Gasteiger partial charge in [0.1, 0.15) is 5.78 Å². The number of nitrogens with two attached hydrogens (primary N) is 1. The smallest absolute Gasteiger partial charge is 0.136 e. The van der Waals surface area contributed by atoms with Crippen LogP contribution in [0.5, 0.6) is 0 Å². The van der Waals surface area contributed by atoms with Gasteiger partial charge in [-0.25, -0.2) is 0 Å². The summed E-state index contributed by atoms with van der Waals surface area (Å²) in [4.78, 5) is 13.0. The van der Waals surface area contributed by atoms with Crippen molar-refractivity contribution in [2.45, 2.75) is 64.5 Å². The second kappa shape index (κ2) is 4.67. The zero-order valence-corrected chi connectivity index (χ0v) is 13.8. The van der Waals surface area contributed by atoms with Crippen LogP contribution >= 0.6 is 0 Å². The summed E-state index contributed by atoms with van der Waals surface area (Å²) in [5.74, 6) is 1.91. The van der Waals surface area contributed by atoms with Gasteiger partial charge >= 0.3 is 0 Å². The first-order chi connectivity index (χ1) is 10.4. The first kappa shape index (κ1) is 14.9. The monoisotopic (exact) mass is 303 g/mol. The minimum Gasteiger partial charge on any atom is -0.389 e. The van der Waals surface area contributed by atoms with E-state index >= 15 is 0 Å². The quantitative estimate of drug-likeness (QED) is 0.676. The normalized spacial score (nSPS) is 57.2. The van der Waals surface area contributed by atoms with E-state index in [1.54, 1.807) is 0 Å². The second-order valence-electron chi connectivity index (χ2n) is 8.86. The summed E-state index contributed by atoms with van der Waals surface area (Å²) in [6, 6.07) is 0.264. The topological polar surface area (TPSA) is 63.3 Å². The molecule has 0 bridgehead atoms. The maximum atomic E-state index is 13.0. The van der Waals surface area contributed by atoms with E-state index in [0.29, 0.717) is 30.0 Å². The molecule has 4 aliphatic rings. The van der Waals surface area contributed by atoms with E-state index in [1.807, 2.05) is 6.08 Å². The van der Waals surface area contributed by atoms with Crippen molar-refractivity contribution in [1.29, 1.82) is 0 Å². The van der Waals surface area contributed by atoms with Crippen molar-refractivity contribution in [2.24, 2.45) is 40.2 Å². The highest BCUT2D eigenvalue weighted by Crippen LogP contribution is 2.63. The van der Waals surface area contributed by atoms with Gasteiger partial charge in [-0.1, -0.05) is 26.0 Å². The zero-order chi connectivity index (χ0) is 15.7. The van der Waals surface area contributed by atoms with E-state index in [1.165, 1.54) is 0 Å². The Labute approximate surface area is 133 Å². The van der Waals surface area contributed by atoms with Crippen LogP contribution in [-0.4, -0.2) is 23.0 Å². The summed E-state index contributed by atoms with van der Waals surface area (Å²) in [6.45, 7) is 4.66. The molecule has 0 aromatic rings. The number of Topliss-reactive ketones (excluding diaryl/α,β-unsaturated/α-hetero) is 1. The summed E-state index contributed by atoms with van der Waals surface area (Å²) >= 11 is 0. The third-order valence-electron chi connectivity index (χ3n) is 8.05. The fraction of sp³-hybridized carbons (Fsp3) is 0.842. The van der Waals surface area contributed by atoms with Crippen molar-refractivity contribution in [2.75, 3.05) is 0 Å². The Hall–Kier alpha value is -0.670.